The van der Waals surface area contributed by atoms with Crippen molar-refractivity contribution in [3.05, 3.63) is 77.4 Å². The van der Waals surface area contributed by atoms with Gasteiger partial charge in [-0.15, -0.1) is 0 Å². The molecule has 32 heavy (non-hydrogen) atoms. The lowest BCUT2D eigenvalue weighted by atomic mass is 10.0. The van der Waals surface area contributed by atoms with Gasteiger partial charge in [-0.1, -0.05) is 18.2 Å². The molecular formula is C26H27FN2O3. The summed E-state index contributed by atoms with van der Waals surface area (Å²) in [7, 11) is 3.07. The van der Waals surface area contributed by atoms with Crippen molar-refractivity contribution in [2.75, 3.05) is 20.8 Å². The van der Waals surface area contributed by atoms with Crippen LogP contribution in [0.25, 0.3) is 11.1 Å². The van der Waals surface area contributed by atoms with Crippen LogP contribution in [-0.4, -0.2) is 36.6 Å². The highest BCUT2D eigenvalue weighted by atomic mass is 19.1. The van der Waals surface area contributed by atoms with Gasteiger partial charge in [0.15, 0.2) is 11.6 Å². The van der Waals surface area contributed by atoms with Crippen molar-refractivity contribution in [2.24, 2.45) is 0 Å². The average molecular weight is 435 g/mol. The summed E-state index contributed by atoms with van der Waals surface area (Å²) < 4.78 is 24.3. The zero-order chi connectivity index (χ0) is 22.7. The second-order valence-electron chi connectivity index (χ2n) is 8.04. The molecular weight excluding hydrogens is 407 g/mol. The first-order valence-corrected chi connectivity index (χ1v) is 10.7. The summed E-state index contributed by atoms with van der Waals surface area (Å²) >= 11 is 0. The lowest BCUT2D eigenvalue weighted by molar-refractivity contribution is -0.131. The monoisotopic (exact) mass is 434 g/mol. The third-order valence-corrected chi connectivity index (χ3v) is 5.88. The Morgan fingerprint density at radius 3 is 2.53 bits per heavy atom. The summed E-state index contributed by atoms with van der Waals surface area (Å²) in [5.41, 5.74) is 4.57. The molecule has 1 unspecified atom stereocenters. The maximum atomic E-state index is 14.0. The summed E-state index contributed by atoms with van der Waals surface area (Å²) in [6, 6.07) is 16.6. The molecule has 1 aliphatic heterocycles. The molecule has 3 aromatic rings. The number of rotatable bonds is 6. The standard InChI is InChI=1S/C26H27FN2O3/c1-17-13-20(19-7-9-21(31-2)10-8-19)16-23(28-17)24-5-4-12-29(24)26(30)15-18-6-11-25(32-3)22(27)14-18/h6-11,13-14,16,24H,4-5,12,15H2,1-3H3. The molecule has 1 aliphatic rings. The Morgan fingerprint density at radius 2 is 1.84 bits per heavy atom. The molecule has 4 rings (SSSR count). The molecule has 6 heteroatoms. The summed E-state index contributed by atoms with van der Waals surface area (Å²) in [5.74, 6) is 0.504. The van der Waals surface area contributed by atoms with Gasteiger partial charge in [-0.3, -0.25) is 9.78 Å². The van der Waals surface area contributed by atoms with Crippen LogP contribution in [-0.2, 0) is 11.2 Å². The van der Waals surface area contributed by atoms with E-state index in [9.17, 15) is 9.18 Å². The van der Waals surface area contributed by atoms with Crippen molar-refractivity contribution < 1.29 is 18.7 Å². The number of pyridine rings is 1. The highest BCUT2D eigenvalue weighted by Gasteiger charge is 2.31. The van der Waals surface area contributed by atoms with Crippen molar-refractivity contribution >= 4 is 5.91 Å². The van der Waals surface area contributed by atoms with E-state index in [2.05, 4.69) is 6.07 Å². The number of ether oxygens (including phenoxy) is 2. The number of nitrogens with zero attached hydrogens (tertiary/aromatic N) is 2. The number of hydrogen-bond donors (Lipinski definition) is 0. The van der Waals surface area contributed by atoms with Crippen molar-refractivity contribution in [2.45, 2.75) is 32.2 Å². The zero-order valence-electron chi connectivity index (χ0n) is 18.6. The quantitative estimate of drug-likeness (QED) is 0.540. The Hall–Kier alpha value is -3.41. The Labute approximate surface area is 187 Å². The summed E-state index contributed by atoms with van der Waals surface area (Å²) in [6.45, 7) is 2.65. The van der Waals surface area contributed by atoms with Gasteiger partial charge in [-0.25, -0.2) is 4.39 Å². The highest BCUT2D eigenvalue weighted by Crippen LogP contribution is 2.34. The van der Waals surface area contributed by atoms with E-state index in [1.165, 1.54) is 13.2 Å². The summed E-state index contributed by atoms with van der Waals surface area (Å²) in [5, 5.41) is 0. The molecule has 1 amide bonds. The molecule has 166 valence electrons. The highest BCUT2D eigenvalue weighted by molar-refractivity contribution is 5.79. The minimum absolute atomic E-state index is 0.0219. The number of carbonyl (C=O) groups is 1. The lowest BCUT2D eigenvalue weighted by Crippen LogP contribution is -2.32. The van der Waals surface area contributed by atoms with Gasteiger partial charge in [0.25, 0.3) is 0 Å². The number of likely N-dealkylation sites (tertiary alicyclic amines) is 1. The Kier molecular flexibility index (Phi) is 6.40. The van der Waals surface area contributed by atoms with Gasteiger partial charge >= 0.3 is 0 Å². The first-order valence-electron chi connectivity index (χ1n) is 10.7. The molecule has 2 aromatic carbocycles. The predicted octanol–water partition coefficient (Wildman–Crippen LogP) is 5.12. The van der Waals surface area contributed by atoms with Crippen molar-refractivity contribution in [1.29, 1.82) is 0 Å². The van der Waals surface area contributed by atoms with Gasteiger partial charge < -0.3 is 14.4 Å². The number of aryl methyl sites for hydroxylation is 1. The van der Waals surface area contributed by atoms with Gasteiger partial charge in [0.05, 0.1) is 32.4 Å². The third-order valence-electron chi connectivity index (χ3n) is 5.88. The van der Waals surface area contributed by atoms with E-state index in [0.717, 1.165) is 41.1 Å². The lowest BCUT2D eigenvalue weighted by Gasteiger charge is -2.25. The van der Waals surface area contributed by atoms with Gasteiger partial charge in [0, 0.05) is 12.2 Å². The molecule has 0 radical (unpaired) electrons. The van der Waals surface area contributed by atoms with E-state index in [1.807, 2.05) is 42.2 Å². The summed E-state index contributed by atoms with van der Waals surface area (Å²) in [4.78, 5) is 19.7. The second-order valence-corrected chi connectivity index (χ2v) is 8.04. The van der Waals surface area contributed by atoms with Gasteiger partial charge in [0.2, 0.25) is 5.91 Å². The Bertz CT molecular complexity index is 1110. The Balaban J connectivity index is 1.56. The van der Waals surface area contributed by atoms with E-state index < -0.39 is 5.82 Å². The minimum Gasteiger partial charge on any atom is -0.497 e. The smallest absolute Gasteiger partial charge is 0.227 e. The number of amides is 1. The van der Waals surface area contributed by atoms with E-state index in [1.54, 1.807) is 19.2 Å². The topological polar surface area (TPSA) is 51.7 Å². The van der Waals surface area contributed by atoms with Crippen molar-refractivity contribution in [3.8, 4) is 22.6 Å². The van der Waals surface area contributed by atoms with E-state index >= 15 is 0 Å². The molecule has 1 aromatic heterocycles. The van der Waals surface area contributed by atoms with Crippen molar-refractivity contribution in [3.63, 3.8) is 0 Å². The Morgan fingerprint density at radius 1 is 1.06 bits per heavy atom. The van der Waals surface area contributed by atoms with Crippen LogP contribution in [0.15, 0.2) is 54.6 Å². The molecule has 0 spiro atoms. The van der Waals surface area contributed by atoms with Gasteiger partial charge in [-0.2, -0.15) is 0 Å². The summed E-state index contributed by atoms with van der Waals surface area (Å²) in [6.07, 6.45) is 1.93. The van der Waals surface area contributed by atoms with Crippen LogP contribution in [0, 0.1) is 12.7 Å². The van der Waals surface area contributed by atoms with Crippen LogP contribution in [0.5, 0.6) is 11.5 Å². The van der Waals surface area contributed by atoms with Crippen LogP contribution in [0.4, 0.5) is 4.39 Å². The molecule has 2 heterocycles. The molecule has 0 bridgehead atoms. The van der Waals surface area contributed by atoms with Crippen LogP contribution in [0.1, 0.15) is 35.8 Å². The van der Waals surface area contributed by atoms with Crippen molar-refractivity contribution in [1.82, 2.24) is 9.88 Å². The maximum absolute atomic E-state index is 14.0. The first-order chi connectivity index (χ1) is 15.5. The van der Waals surface area contributed by atoms with E-state index in [-0.39, 0.29) is 24.1 Å². The number of halogens is 1. The SMILES string of the molecule is COc1ccc(-c2cc(C)nc(C3CCCN3C(=O)Cc3ccc(OC)c(F)c3)c2)cc1. The normalized spacial score (nSPS) is 15.6. The van der Waals surface area contributed by atoms with Gasteiger partial charge in [0.1, 0.15) is 5.75 Å². The molecule has 1 saturated heterocycles. The predicted molar refractivity (Wildman–Crippen MR) is 121 cm³/mol. The van der Waals surface area contributed by atoms with Crippen LogP contribution in [0.3, 0.4) is 0 Å². The fraction of sp³-hybridized carbons (Fsp3) is 0.308. The molecule has 1 atom stereocenters. The molecule has 0 N–H and O–H groups in total. The van der Waals surface area contributed by atoms with E-state index in [0.29, 0.717) is 12.1 Å². The number of aromatic nitrogens is 1. The molecule has 0 saturated carbocycles. The maximum Gasteiger partial charge on any atom is 0.227 e. The minimum atomic E-state index is -0.458. The number of hydrogen-bond acceptors (Lipinski definition) is 4. The third kappa shape index (κ3) is 4.59. The largest absolute Gasteiger partial charge is 0.497 e. The zero-order valence-corrected chi connectivity index (χ0v) is 18.6. The number of methoxy groups -OCH3 is 2. The average Bonchev–Trinajstić information content (AvgIpc) is 3.29. The van der Waals surface area contributed by atoms with Crippen LogP contribution < -0.4 is 9.47 Å². The number of carbonyl (C=O) groups excluding carboxylic acids is 1. The fourth-order valence-electron chi connectivity index (χ4n) is 4.28. The number of benzene rings is 2. The first kappa shape index (κ1) is 21.8. The van der Waals surface area contributed by atoms with E-state index in [4.69, 9.17) is 14.5 Å². The van der Waals surface area contributed by atoms with Crippen LogP contribution in [0.2, 0.25) is 0 Å². The van der Waals surface area contributed by atoms with Gasteiger partial charge in [-0.05, 0) is 72.9 Å². The fourth-order valence-corrected chi connectivity index (χ4v) is 4.28. The molecule has 0 aliphatic carbocycles. The molecule has 5 nitrogen and oxygen atoms in total. The second kappa shape index (κ2) is 9.39. The molecule has 1 fully saturated rings. The van der Waals surface area contributed by atoms with Crippen LogP contribution >= 0.6 is 0 Å².